The maximum atomic E-state index is 8.48. The van der Waals surface area contributed by atoms with Crippen LogP contribution in [0.15, 0.2) is 0 Å². The molecule has 1 fully saturated rings. The fourth-order valence-corrected chi connectivity index (χ4v) is 0.757. The zero-order valence-corrected chi connectivity index (χ0v) is 4.82. The topological polar surface area (TPSA) is 69.9 Å². The number of ether oxygens (including phenoxy) is 1. The van der Waals surface area contributed by atoms with Crippen molar-refractivity contribution >= 4 is 0 Å². The highest BCUT2D eigenvalue weighted by Crippen LogP contribution is 2.22. The van der Waals surface area contributed by atoms with Gasteiger partial charge in [0.25, 0.3) is 0 Å². The van der Waals surface area contributed by atoms with Crippen molar-refractivity contribution in [1.82, 2.24) is 0 Å². The van der Waals surface area contributed by atoms with Gasteiger partial charge in [-0.25, -0.2) is 0 Å². The molecular formula is C5H9O4. The Morgan fingerprint density at radius 1 is 1.44 bits per heavy atom. The van der Waals surface area contributed by atoms with Crippen LogP contribution in [0.3, 0.4) is 0 Å². The minimum atomic E-state index is -2.67. The largest absolute Gasteiger partial charge is 0.364 e. The quantitative estimate of drug-likeness (QED) is 0.399. The third-order valence-corrected chi connectivity index (χ3v) is 1.24. The molecule has 1 unspecified atom stereocenters. The van der Waals surface area contributed by atoms with Crippen molar-refractivity contribution in [2.45, 2.75) is 24.9 Å². The Kier molecular flexibility index (Phi) is 1.72. The molecular weight excluding hydrogens is 124 g/mol. The van der Waals surface area contributed by atoms with Crippen LogP contribution in [0, 0.1) is 6.61 Å². The summed E-state index contributed by atoms with van der Waals surface area (Å²) in [6, 6.07) is 0. The fourth-order valence-electron chi connectivity index (χ4n) is 0.757. The summed E-state index contributed by atoms with van der Waals surface area (Å²) < 4.78 is 4.64. The molecule has 1 aliphatic heterocycles. The van der Waals surface area contributed by atoms with Gasteiger partial charge in [-0.2, -0.15) is 0 Å². The van der Waals surface area contributed by atoms with E-state index in [1.165, 1.54) is 6.61 Å². The highest BCUT2D eigenvalue weighted by atomic mass is 16.7. The number of hydrogen-bond donors (Lipinski definition) is 3. The summed E-state index contributed by atoms with van der Waals surface area (Å²) >= 11 is 0. The molecule has 1 aliphatic rings. The highest BCUT2D eigenvalue weighted by Gasteiger charge is 2.35. The third-order valence-electron chi connectivity index (χ3n) is 1.24. The molecule has 0 aromatic rings. The maximum absolute atomic E-state index is 8.48. The van der Waals surface area contributed by atoms with Crippen LogP contribution >= 0.6 is 0 Å². The van der Waals surface area contributed by atoms with Crippen LogP contribution in [-0.4, -0.2) is 27.4 Å². The van der Waals surface area contributed by atoms with Crippen LogP contribution in [0.25, 0.3) is 0 Å². The van der Waals surface area contributed by atoms with Crippen molar-refractivity contribution in [3.8, 4) is 0 Å². The molecule has 1 heterocycles. The summed E-state index contributed by atoms with van der Waals surface area (Å²) in [4.78, 5) is 0. The highest BCUT2D eigenvalue weighted by molar-refractivity contribution is 4.75. The second kappa shape index (κ2) is 2.22. The SMILES string of the molecule is OC(O)(O)C1CC[CH]O1. The molecule has 0 aromatic heterocycles. The van der Waals surface area contributed by atoms with Crippen LogP contribution in [0.1, 0.15) is 12.8 Å². The van der Waals surface area contributed by atoms with Crippen molar-refractivity contribution in [3.05, 3.63) is 6.61 Å². The lowest BCUT2D eigenvalue weighted by Crippen LogP contribution is -2.41. The lowest BCUT2D eigenvalue weighted by molar-refractivity contribution is -0.352. The van der Waals surface area contributed by atoms with E-state index in [-0.39, 0.29) is 0 Å². The predicted octanol–water partition coefficient (Wildman–Crippen LogP) is -1.04. The Morgan fingerprint density at radius 2 is 2.11 bits per heavy atom. The minimum absolute atomic E-state index is 0.448. The Balaban J connectivity index is 2.42. The van der Waals surface area contributed by atoms with Crippen molar-refractivity contribution in [2.75, 3.05) is 0 Å². The van der Waals surface area contributed by atoms with E-state index in [1.807, 2.05) is 0 Å². The molecule has 0 saturated carbocycles. The summed E-state index contributed by atoms with van der Waals surface area (Å²) in [6.07, 6.45) is 0.218. The normalized spacial score (nSPS) is 29.0. The summed E-state index contributed by atoms with van der Waals surface area (Å²) in [6.45, 7) is 1.45. The number of hydrogen-bond acceptors (Lipinski definition) is 4. The summed E-state index contributed by atoms with van der Waals surface area (Å²) in [5.41, 5.74) is 0. The van der Waals surface area contributed by atoms with Crippen molar-refractivity contribution in [2.24, 2.45) is 0 Å². The van der Waals surface area contributed by atoms with Crippen LogP contribution in [0.2, 0.25) is 0 Å². The number of rotatable bonds is 1. The molecule has 53 valence electrons. The van der Waals surface area contributed by atoms with Crippen molar-refractivity contribution in [1.29, 1.82) is 0 Å². The van der Waals surface area contributed by atoms with Gasteiger partial charge >= 0.3 is 5.97 Å². The van der Waals surface area contributed by atoms with E-state index in [4.69, 9.17) is 15.3 Å². The lowest BCUT2D eigenvalue weighted by Gasteiger charge is -2.19. The smallest absolute Gasteiger partial charge is 0.303 e. The van der Waals surface area contributed by atoms with E-state index in [1.54, 1.807) is 0 Å². The molecule has 4 nitrogen and oxygen atoms in total. The van der Waals surface area contributed by atoms with Crippen molar-refractivity contribution < 1.29 is 20.1 Å². The predicted molar refractivity (Wildman–Crippen MR) is 27.8 cm³/mol. The second-order valence-corrected chi connectivity index (χ2v) is 2.06. The van der Waals surface area contributed by atoms with E-state index in [0.29, 0.717) is 12.8 Å². The molecule has 9 heavy (non-hydrogen) atoms. The summed E-state index contributed by atoms with van der Waals surface area (Å²) in [5.74, 6) is -2.67. The van der Waals surface area contributed by atoms with Crippen LogP contribution in [0.4, 0.5) is 0 Å². The first-order valence-electron chi connectivity index (χ1n) is 2.75. The Hall–Kier alpha value is -0.160. The Bertz CT molecular complexity index is 89.6. The Labute approximate surface area is 52.7 Å². The zero-order chi connectivity index (χ0) is 6.91. The molecule has 0 spiro atoms. The molecule has 4 heteroatoms. The van der Waals surface area contributed by atoms with Gasteiger partial charge in [0.2, 0.25) is 0 Å². The van der Waals surface area contributed by atoms with E-state index in [2.05, 4.69) is 4.74 Å². The van der Waals surface area contributed by atoms with Gasteiger partial charge in [-0.15, -0.1) is 0 Å². The lowest BCUT2D eigenvalue weighted by atomic mass is 10.2. The summed E-state index contributed by atoms with van der Waals surface area (Å²) in [7, 11) is 0. The molecule has 0 aliphatic carbocycles. The van der Waals surface area contributed by atoms with Crippen LogP contribution < -0.4 is 0 Å². The molecule has 0 bridgehead atoms. The average Bonchev–Trinajstić information content (AvgIpc) is 2.08. The molecule has 1 atom stereocenters. The van der Waals surface area contributed by atoms with E-state index < -0.39 is 12.1 Å². The van der Waals surface area contributed by atoms with Gasteiger partial charge in [0.1, 0.15) is 6.10 Å². The van der Waals surface area contributed by atoms with Crippen molar-refractivity contribution in [3.63, 3.8) is 0 Å². The molecule has 1 radical (unpaired) electrons. The standard InChI is InChI=1S/C5H9O4/c6-5(7,8)4-2-1-3-9-4/h3-4,6-8H,1-2H2. The van der Waals surface area contributed by atoms with Gasteiger partial charge in [-0.05, 0) is 12.8 Å². The molecule has 1 saturated heterocycles. The first-order chi connectivity index (χ1) is 4.11. The molecule has 0 amide bonds. The second-order valence-electron chi connectivity index (χ2n) is 2.06. The molecule has 0 aromatic carbocycles. The van der Waals surface area contributed by atoms with Gasteiger partial charge in [0, 0.05) is 0 Å². The summed E-state index contributed by atoms with van der Waals surface area (Å²) in [5, 5.41) is 25.5. The minimum Gasteiger partial charge on any atom is -0.364 e. The average molecular weight is 133 g/mol. The van der Waals surface area contributed by atoms with Crippen LogP contribution in [0.5, 0.6) is 0 Å². The van der Waals surface area contributed by atoms with E-state index >= 15 is 0 Å². The fraction of sp³-hybridized carbons (Fsp3) is 0.800. The monoisotopic (exact) mass is 133 g/mol. The third kappa shape index (κ3) is 1.62. The van der Waals surface area contributed by atoms with Gasteiger partial charge in [0.05, 0.1) is 6.61 Å². The van der Waals surface area contributed by atoms with Gasteiger partial charge in [-0.3, -0.25) is 0 Å². The van der Waals surface area contributed by atoms with Gasteiger partial charge < -0.3 is 20.1 Å². The van der Waals surface area contributed by atoms with Gasteiger partial charge in [0.15, 0.2) is 0 Å². The maximum Gasteiger partial charge on any atom is 0.303 e. The first kappa shape index (κ1) is 6.95. The Morgan fingerprint density at radius 3 is 2.33 bits per heavy atom. The zero-order valence-electron chi connectivity index (χ0n) is 4.82. The van der Waals surface area contributed by atoms with E-state index in [0.717, 1.165) is 0 Å². The van der Waals surface area contributed by atoms with E-state index in [9.17, 15) is 0 Å². The molecule has 3 N–H and O–H groups in total. The van der Waals surface area contributed by atoms with Crippen LogP contribution in [-0.2, 0) is 4.74 Å². The number of aliphatic hydroxyl groups is 3. The van der Waals surface area contributed by atoms with Gasteiger partial charge in [-0.1, -0.05) is 0 Å². The molecule has 1 rings (SSSR count). The first-order valence-corrected chi connectivity index (χ1v) is 2.75.